The van der Waals surface area contributed by atoms with Gasteiger partial charge in [-0.05, 0) is 57.1 Å². The monoisotopic (exact) mass is 462 g/mol. The maximum atomic E-state index is 14.4. The van der Waals surface area contributed by atoms with E-state index in [-0.39, 0.29) is 11.1 Å². The van der Waals surface area contributed by atoms with E-state index in [2.05, 4.69) is 15.9 Å². The third-order valence-electron chi connectivity index (χ3n) is 4.35. The Hall–Kier alpha value is -1.11. The van der Waals surface area contributed by atoms with Gasteiger partial charge in [0.15, 0.2) is 0 Å². The Morgan fingerprint density at radius 2 is 1.70 bits per heavy atom. The molecule has 0 spiro atoms. The average Bonchev–Trinajstić information content (AvgIpc) is 2.62. The van der Waals surface area contributed by atoms with Gasteiger partial charge in [-0.15, -0.1) is 0 Å². The van der Waals surface area contributed by atoms with Crippen molar-refractivity contribution in [1.29, 1.82) is 0 Å². The van der Waals surface area contributed by atoms with Crippen molar-refractivity contribution in [3.05, 3.63) is 68.7 Å². The van der Waals surface area contributed by atoms with Crippen molar-refractivity contribution in [2.45, 2.75) is 45.6 Å². The summed E-state index contributed by atoms with van der Waals surface area (Å²) in [6.45, 7) is 4.08. The van der Waals surface area contributed by atoms with Gasteiger partial charge in [0.1, 0.15) is 0 Å². The molecule has 0 unspecified atom stereocenters. The van der Waals surface area contributed by atoms with Gasteiger partial charge < -0.3 is 14.5 Å². The standard InChI is InChI=1S/C19H22BrF2O4P/c1-3-14-10-17(19(21,22)27(23,24)25)18(20)16(15(14)4-2)12-26-11-13-8-6-5-7-9-13/h5-10H,3-4,11-12H2,1-2H3,(H2,23,24,25). The summed E-state index contributed by atoms with van der Waals surface area (Å²) in [6, 6.07) is 10.6. The van der Waals surface area contributed by atoms with E-state index in [9.17, 15) is 13.3 Å². The maximum absolute atomic E-state index is 14.4. The summed E-state index contributed by atoms with van der Waals surface area (Å²) in [7, 11) is -5.67. The SMILES string of the molecule is CCc1cc(C(F)(F)P(=O)(O)O)c(Br)c(COCc2ccccc2)c1CC. The first-order valence-electron chi connectivity index (χ1n) is 8.52. The highest BCUT2D eigenvalue weighted by Crippen LogP contribution is 2.61. The summed E-state index contributed by atoms with van der Waals surface area (Å²) in [5.41, 5.74) is -2.07. The second-order valence-corrected chi connectivity index (χ2v) is 8.57. The molecule has 0 aromatic heterocycles. The maximum Gasteiger partial charge on any atom is 0.399 e. The molecule has 2 aromatic rings. The van der Waals surface area contributed by atoms with Crippen LogP contribution in [0.15, 0.2) is 40.9 Å². The summed E-state index contributed by atoms with van der Waals surface area (Å²) in [4.78, 5) is 18.3. The van der Waals surface area contributed by atoms with Crippen LogP contribution in [0.5, 0.6) is 0 Å². The minimum atomic E-state index is -5.67. The molecule has 2 rings (SSSR count). The van der Waals surface area contributed by atoms with Gasteiger partial charge in [0.25, 0.3) is 0 Å². The molecule has 0 aliphatic carbocycles. The fourth-order valence-electron chi connectivity index (χ4n) is 2.94. The largest absolute Gasteiger partial charge is 0.399 e. The lowest BCUT2D eigenvalue weighted by Crippen LogP contribution is -2.17. The molecule has 0 atom stereocenters. The first-order chi connectivity index (χ1) is 12.6. The Morgan fingerprint density at radius 3 is 2.22 bits per heavy atom. The summed E-state index contributed by atoms with van der Waals surface area (Å²) >= 11 is 3.15. The van der Waals surface area contributed by atoms with Crippen molar-refractivity contribution < 1.29 is 27.9 Å². The van der Waals surface area contributed by atoms with Crippen LogP contribution in [0.2, 0.25) is 0 Å². The molecule has 0 aliphatic rings. The van der Waals surface area contributed by atoms with Crippen LogP contribution in [0.25, 0.3) is 0 Å². The highest BCUT2D eigenvalue weighted by molar-refractivity contribution is 9.10. The summed E-state index contributed by atoms with van der Waals surface area (Å²) in [5.74, 6) is 0. The van der Waals surface area contributed by atoms with Crippen molar-refractivity contribution in [1.82, 2.24) is 0 Å². The lowest BCUT2D eigenvalue weighted by atomic mass is 9.94. The van der Waals surface area contributed by atoms with Gasteiger partial charge in [-0.1, -0.05) is 44.2 Å². The van der Waals surface area contributed by atoms with E-state index in [4.69, 9.17) is 14.5 Å². The lowest BCUT2D eigenvalue weighted by molar-refractivity contribution is 0.0550. The van der Waals surface area contributed by atoms with Gasteiger partial charge in [0.05, 0.1) is 13.2 Å². The number of alkyl halides is 2. The van der Waals surface area contributed by atoms with Crippen LogP contribution in [-0.2, 0) is 41.0 Å². The minimum Gasteiger partial charge on any atom is -0.372 e. The molecule has 148 valence electrons. The van der Waals surface area contributed by atoms with E-state index < -0.39 is 18.8 Å². The van der Waals surface area contributed by atoms with E-state index in [0.29, 0.717) is 30.6 Å². The van der Waals surface area contributed by atoms with Gasteiger partial charge in [-0.2, -0.15) is 8.78 Å². The van der Waals surface area contributed by atoms with Gasteiger partial charge >= 0.3 is 13.3 Å². The molecule has 0 radical (unpaired) electrons. The molecule has 0 bridgehead atoms. The molecule has 0 saturated heterocycles. The molecular weight excluding hydrogens is 441 g/mol. The Bertz CT molecular complexity index is 837. The first-order valence-corrected chi connectivity index (χ1v) is 10.9. The van der Waals surface area contributed by atoms with Crippen LogP contribution in [0.1, 0.15) is 41.7 Å². The lowest BCUT2D eigenvalue weighted by Gasteiger charge is -2.24. The van der Waals surface area contributed by atoms with Crippen LogP contribution in [-0.4, -0.2) is 9.79 Å². The fourth-order valence-corrected chi connectivity index (χ4v) is 4.30. The van der Waals surface area contributed by atoms with Gasteiger partial charge in [0, 0.05) is 10.0 Å². The molecule has 4 nitrogen and oxygen atoms in total. The highest BCUT2D eigenvalue weighted by Gasteiger charge is 2.52. The van der Waals surface area contributed by atoms with Crippen molar-refractivity contribution in [3.63, 3.8) is 0 Å². The molecular formula is C19H22BrF2O4P. The third kappa shape index (κ3) is 4.84. The van der Waals surface area contributed by atoms with E-state index in [1.165, 1.54) is 6.07 Å². The molecule has 8 heteroatoms. The second kappa shape index (κ2) is 8.93. The van der Waals surface area contributed by atoms with Crippen molar-refractivity contribution in [2.24, 2.45) is 0 Å². The summed E-state index contributed by atoms with van der Waals surface area (Å²) in [6.07, 6.45) is 1.06. The van der Waals surface area contributed by atoms with E-state index in [1.807, 2.05) is 44.2 Å². The molecule has 2 aromatic carbocycles. The van der Waals surface area contributed by atoms with Crippen molar-refractivity contribution >= 4 is 23.5 Å². The van der Waals surface area contributed by atoms with Crippen LogP contribution >= 0.6 is 23.5 Å². The normalized spacial score (nSPS) is 12.4. The van der Waals surface area contributed by atoms with E-state index in [1.54, 1.807) is 0 Å². The summed E-state index contributed by atoms with van der Waals surface area (Å²) < 4.78 is 45.9. The summed E-state index contributed by atoms with van der Waals surface area (Å²) in [5, 5.41) is 0. The van der Waals surface area contributed by atoms with Gasteiger partial charge in [-0.25, -0.2) is 0 Å². The van der Waals surface area contributed by atoms with Crippen molar-refractivity contribution in [2.75, 3.05) is 0 Å². The van der Waals surface area contributed by atoms with Gasteiger partial charge in [0.2, 0.25) is 0 Å². The molecule has 0 amide bonds. The average molecular weight is 463 g/mol. The van der Waals surface area contributed by atoms with Crippen LogP contribution in [0, 0.1) is 0 Å². The predicted octanol–water partition coefficient (Wildman–Crippen LogP) is 5.52. The number of ether oxygens (including phenoxy) is 1. The molecule has 0 aliphatic heterocycles. The fraction of sp³-hybridized carbons (Fsp3) is 0.368. The zero-order valence-corrected chi connectivity index (χ0v) is 17.6. The predicted molar refractivity (Wildman–Crippen MR) is 104 cm³/mol. The topological polar surface area (TPSA) is 66.8 Å². The van der Waals surface area contributed by atoms with Crippen LogP contribution in [0.4, 0.5) is 8.78 Å². The zero-order valence-electron chi connectivity index (χ0n) is 15.1. The second-order valence-electron chi connectivity index (χ2n) is 6.13. The highest BCUT2D eigenvalue weighted by atomic mass is 79.9. The molecule has 0 fully saturated rings. The Morgan fingerprint density at radius 1 is 1.07 bits per heavy atom. The van der Waals surface area contributed by atoms with Crippen LogP contribution in [0.3, 0.4) is 0 Å². The van der Waals surface area contributed by atoms with E-state index >= 15 is 0 Å². The number of halogens is 3. The van der Waals surface area contributed by atoms with E-state index in [0.717, 1.165) is 11.1 Å². The number of benzene rings is 2. The van der Waals surface area contributed by atoms with Gasteiger partial charge in [-0.3, -0.25) is 4.57 Å². The Labute approximate surface area is 165 Å². The Kier molecular flexibility index (Phi) is 7.33. The molecule has 0 heterocycles. The number of hydrogen-bond donors (Lipinski definition) is 2. The first kappa shape index (κ1) is 22.2. The third-order valence-corrected chi connectivity index (χ3v) is 6.23. The van der Waals surface area contributed by atoms with Crippen molar-refractivity contribution in [3.8, 4) is 0 Å². The number of hydrogen-bond acceptors (Lipinski definition) is 2. The zero-order chi connectivity index (χ0) is 20.2. The molecule has 27 heavy (non-hydrogen) atoms. The Balaban J connectivity index is 2.45. The minimum absolute atomic E-state index is 0.0158. The number of aryl methyl sites for hydroxylation is 1. The van der Waals surface area contributed by atoms with Crippen LogP contribution < -0.4 is 0 Å². The molecule has 0 saturated carbocycles. The quantitative estimate of drug-likeness (QED) is 0.507. The number of rotatable bonds is 8. The molecule has 2 N–H and O–H groups in total. The smallest absolute Gasteiger partial charge is 0.372 e.